The third-order valence-electron chi connectivity index (χ3n) is 3.82. The molecule has 1 aliphatic heterocycles. The number of amides is 2. The molecule has 2 atom stereocenters. The Hall–Kier alpha value is -1.86. The Kier molecular flexibility index (Phi) is 6.81. The number of benzene rings is 1. The standard InChI is InChI=1S/C17H26FN3O3/c1-12-10-21(11-13(2)24-12)16-5-4-14(8-15(16)18)9-20-17(22)19-6-7-23-3/h4-5,8,12-13H,6-7,9-11H2,1-3H3,(H2,19,20,22). The molecule has 0 bridgehead atoms. The number of methoxy groups -OCH3 is 1. The van der Waals surface area contributed by atoms with Crippen LogP contribution in [0, 0.1) is 5.82 Å². The molecule has 2 amide bonds. The number of rotatable bonds is 6. The molecule has 6 nitrogen and oxygen atoms in total. The first kappa shape index (κ1) is 18.5. The van der Waals surface area contributed by atoms with Gasteiger partial charge in [-0.3, -0.25) is 0 Å². The second kappa shape index (κ2) is 8.84. The summed E-state index contributed by atoms with van der Waals surface area (Å²) in [6, 6.07) is 4.76. The molecular formula is C17H26FN3O3. The lowest BCUT2D eigenvalue weighted by Crippen LogP contribution is -2.45. The molecule has 2 rings (SSSR count). The fourth-order valence-corrected chi connectivity index (χ4v) is 2.80. The van der Waals surface area contributed by atoms with E-state index in [0.29, 0.717) is 37.5 Å². The van der Waals surface area contributed by atoms with Gasteiger partial charge in [0.1, 0.15) is 5.82 Å². The van der Waals surface area contributed by atoms with Gasteiger partial charge in [0.25, 0.3) is 0 Å². The van der Waals surface area contributed by atoms with Crippen LogP contribution in [0.25, 0.3) is 0 Å². The number of carbonyl (C=O) groups excluding carboxylic acids is 1. The van der Waals surface area contributed by atoms with Crippen molar-refractivity contribution in [3.63, 3.8) is 0 Å². The number of urea groups is 1. The first-order valence-corrected chi connectivity index (χ1v) is 8.19. The number of ether oxygens (including phenoxy) is 2. The molecule has 2 N–H and O–H groups in total. The van der Waals surface area contributed by atoms with Crippen LogP contribution >= 0.6 is 0 Å². The summed E-state index contributed by atoms with van der Waals surface area (Å²) in [6.45, 7) is 6.46. The smallest absolute Gasteiger partial charge is 0.315 e. The van der Waals surface area contributed by atoms with Crippen molar-refractivity contribution < 1.29 is 18.7 Å². The number of carbonyl (C=O) groups is 1. The van der Waals surface area contributed by atoms with Gasteiger partial charge in [-0.2, -0.15) is 0 Å². The predicted molar refractivity (Wildman–Crippen MR) is 90.7 cm³/mol. The van der Waals surface area contributed by atoms with Gasteiger partial charge in [-0.05, 0) is 31.5 Å². The highest BCUT2D eigenvalue weighted by Crippen LogP contribution is 2.24. The number of nitrogens with zero attached hydrogens (tertiary/aromatic N) is 1. The number of nitrogens with one attached hydrogen (secondary N) is 2. The molecule has 1 aromatic carbocycles. The van der Waals surface area contributed by atoms with Gasteiger partial charge >= 0.3 is 6.03 Å². The highest BCUT2D eigenvalue weighted by Gasteiger charge is 2.24. The quantitative estimate of drug-likeness (QED) is 0.777. The van der Waals surface area contributed by atoms with Crippen LogP contribution in [0.2, 0.25) is 0 Å². The van der Waals surface area contributed by atoms with Crippen LogP contribution in [0.1, 0.15) is 19.4 Å². The van der Waals surface area contributed by atoms with E-state index in [1.165, 1.54) is 6.07 Å². The van der Waals surface area contributed by atoms with Crippen LogP contribution in [0.5, 0.6) is 0 Å². The van der Waals surface area contributed by atoms with Crippen molar-refractivity contribution in [1.29, 1.82) is 0 Å². The van der Waals surface area contributed by atoms with E-state index < -0.39 is 0 Å². The number of anilines is 1. The zero-order valence-electron chi connectivity index (χ0n) is 14.5. The molecule has 1 saturated heterocycles. The van der Waals surface area contributed by atoms with Crippen LogP contribution in [0.15, 0.2) is 18.2 Å². The molecule has 134 valence electrons. The molecule has 0 saturated carbocycles. The molecule has 7 heteroatoms. The summed E-state index contributed by atoms with van der Waals surface area (Å²) in [5, 5.41) is 5.34. The molecule has 0 spiro atoms. The lowest BCUT2D eigenvalue weighted by Gasteiger charge is -2.37. The Bertz CT molecular complexity index is 546. The summed E-state index contributed by atoms with van der Waals surface area (Å²) >= 11 is 0. The molecule has 0 radical (unpaired) electrons. The monoisotopic (exact) mass is 339 g/mol. The Balaban J connectivity index is 1.91. The maximum atomic E-state index is 14.4. The van der Waals surface area contributed by atoms with Crippen LogP contribution in [0.4, 0.5) is 14.9 Å². The van der Waals surface area contributed by atoms with Gasteiger partial charge in [0.05, 0.1) is 24.5 Å². The fraction of sp³-hybridized carbons (Fsp3) is 0.588. The molecule has 1 aromatic rings. The van der Waals surface area contributed by atoms with Crippen LogP contribution in [-0.4, -0.2) is 51.6 Å². The zero-order chi connectivity index (χ0) is 17.5. The normalized spacial score (nSPS) is 20.8. The molecular weight excluding hydrogens is 313 g/mol. The maximum absolute atomic E-state index is 14.4. The zero-order valence-corrected chi connectivity index (χ0v) is 14.5. The third-order valence-corrected chi connectivity index (χ3v) is 3.82. The molecule has 24 heavy (non-hydrogen) atoms. The van der Waals surface area contributed by atoms with E-state index in [-0.39, 0.29) is 30.6 Å². The summed E-state index contributed by atoms with van der Waals surface area (Å²) in [6.07, 6.45) is 0.149. The Morgan fingerprint density at radius 1 is 1.33 bits per heavy atom. The number of hydrogen-bond acceptors (Lipinski definition) is 4. The molecule has 1 fully saturated rings. The van der Waals surface area contributed by atoms with E-state index in [1.807, 2.05) is 24.8 Å². The van der Waals surface area contributed by atoms with E-state index >= 15 is 0 Å². The molecule has 0 aromatic heterocycles. The highest BCUT2D eigenvalue weighted by atomic mass is 19.1. The molecule has 0 aliphatic carbocycles. The van der Waals surface area contributed by atoms with E-state index in [4.69, 9.17) is 9.47 Å². The molecule has 1 aliphatic rings. The topological polar surface area (TPSA) is 62.8 Å². The summed E-state index contributed by atoms with van der Waals surface area (Å²) in [4.78, 5) is 13.6. The summed E-state index contributed by atoms with van der Waals surface area (Å²) in [5.41, 5.74) is 1.29. The van der Waals surface area contributed by atoms with Gasteiger partial charge in [-0.1, -0.05) is 6.07 Å². The van der Waals surface area contributed by atoms with Crippen molar-refractivity contribution in [3.05, 3.63) is 29.6 Å². The van der Waals surface area contributed by atoms with Crippen LogP contribution < -0.4 is 15.5 Å². The fourth-order valence-electron chi connectivity index (χ4n) is 2.80. The van der Waals surface area contributed by atoms with Crippen LogP contribution in [-0.2, 0) is 16.0 Å². The summed E-state index contributed by atoms with van der Waals surface area (Å²) in [7, 11) is 1.57. The van der Waals surface area contributed by atoms with Crippen molar-refractivity contribution >= 4 is 11.7 Å². The molecule has 1 heterocycles. The Morgan fingerprint density at radius 3 is 2.67 bits per heavy atom. The average molecular weight is 339 g/mol. The number of hydrogen-bond donors (Lipinski definition) is 2. The average Bonchev–Trinajstić information content (AvgIpc) is 2.52. The van der Waals surface area contributed by atoms with Crippen molar-refractivity contribution in [3.8, 4) is 0 Å². The number of morpholine rings is 1. The minimum atomic E-state index is -0.299. The SMILES string of the molecule is COCCNC(=O)NCc1ccc(N2CC(C)OC(C)C2)c(F)c1. The van der Waals surface area contributed by atoms with E-state index in [0.717, 1.165) is 0 Å². The Labute approximate surface area is 142 Å². The van der Waals surface area contributed by atoms with Gasteiger partial charge in [-0.15, -0.1) is 0 Å². The van der Waals surface area contributed by atoms with Gasteiger partial charge in [-0.25, -0.2) is 9.18 Å². The minimum Gasteiger partial charge on any atom is -0.383 e. The van der Waals surface area contributed by atoms with Crippen LogP contribution in [0.3, 0.4) is 0 Å². The second-order valence-electron chi connectivity index (χ2n) is 6.05. The van der Waals surface area contributed by atoms with Gasteiger partial charge in [0, 0.05) is 33.3 Å². The second-order valence-corrected chi connectivity index (χ2v) is 6.05. The van der Waals surface area contributed by atoms with E-state index in [9.17, 15) is 9.18 Å². The van der Waals surface area contributed by atoms with E-state index in [2.05, 4.69) is 10.6 Å². The largest absolute Gasteiger partial charge is 0.383 e. The minimum absolute atomic E-state index is 0.0743. The first-order valence-electron chi connectivity index (χ1n) is 8.19. The Morgan fingerprint density at radius 2 is 2.04 bits per heavy atom. The van der Waals surface area contributed by atoms with E-state index in [1.54, 1.807) is 13.2 Å². The predicted octanol–water partition coefficient (Wildman–Crippen LogP) is 1.88. The maximum Gasteiger partial charge on any atom is 0.315 e. The van der Waals surface area contributed by atoms with Crippen molar-refractivity contribution in [2.45, 2.75) is 32.6 Å². The van der Waals surface area contributed by atoms with Crippen molar-refractivity contribution in [2.75, 3.05) is 38.3 Å². The lowest BCUT2D eigenvalue weighted by atomic mass is 10.1. The summed E-state index contributed by atoms with van der Waals surface area (Å²) in [5.74, 6) is -0.282. The van der Waals surface area contributed by atoms with Gasteiger partial charge in [0.2, 0.25) is 0 Å². The molecule has 2 unspecified atom stereocenters. The van der Waals surface area contributed by atoms with Crippen molar-refractivity contribution in [1.82, 2.24) is 10.6 Å². The number of halogens is 1. The van der Waals surface area contributed by atoms with Crippen molar-refractivity contribution in [2.24, 2.45) is 0 Å². The highest BCUT2D eigenvalue weighted by molar-refractivity contribution is 5.73. The lowest BCUT2D eigenvalue weighted by molar-refractivity contribution is -0.00539. The summed E-state index contributed by atoms with van der Waals surface area (Å²) < 4.78 is 25.0. The van der Waals surface area contributed by atoms with Gasteiger partial charge < -0.3 is 25.0 Å². The first-order chi connectivity index (χ1) is 11.5. The third kappa shape index (κ3) is 5.35. The van der Waals surface area contributed by atoms with Gasteiger partial charge in [0.15, 0.2) is 0 Å².